The van der Waals surface area contributed by atoms with E-state index in [1.165, 1.54) is 31.6 Å². The first-order valence-electron chi connectivity index (χ1n) is 8.27. The van der Waals surface area contributed by atoms with E-state index in [0.717, 1.165) is 36.1 Å². The molecule has 26 heavy (non-hydrogen) atoms. The van der Waals surface area contributed by atoms with Crippen LogP contribution in [-0.2, 0) is 22.3 Å². The molecular weight excluding hydrogens is 354 g/mol. The Labute approximate surface area is 155 Å². The van der Waals surface area contributed by atoms with Gasteiger partial charge in [-0.15, -0.1) is 11.3 Å². The maximum atomic E-state index is 12.6. The topological polar surface area (TPSA) is 81.7 Å². The van der Waals surface area contributed by atoms with Crippen molar-refractivity contribution in [2.75, 3.05) is 19.5 Å². The number of benzene rings is 1. The Kier molecular flexibility index (Phi) is 5.37. The van der Waals surface area contributed by atoms with E-state index in [-0.39, 0.29) is 5.91 Å². The number of hydrogen-bond donors (Lipinski definition) is 1. The molecule has 1 N–H and O–H groups in total. The van der Waals surface area contributed by atoms with Crippen molar-refractivity contribution in [2.24, 2.45) is 0 Å². The first-order valence-corrected chi connectivity index (χ1v) is 9.09. The van der Waals surface area contributed by atoms with Crippen LogP contribution < -0.4 is 5.32 Å². The van der Waals surface area contributed by atoms with E-state index in [2.05, 4.69) is 10.1 Å². The third-order valence-corrected chi connectivity index (χ3v) is 5.54. The lowest BCUT2D eigenvalue weighted by atomic mass is 9.95. The summed E-state index contributed by atoms with van der Waals surface area (Å²) in [5.74, 6) is -1.34. The van der Waals surface area contributed by atoms with Crippen LogP contribution in [0.25, 0.3) is 0 Å². The number of hydrogen-bond acceptors (Lipinski definition) is 6. The fraction of sp³-hybridized carbons (Fsp3) is 0.316. The number of aryl methyl sites for hydroxylation is 1. The van der Waals surface area contributed by atoms with Gasteiger partial charge < -0.3 is 14.8 Å². The lowest BCUT2D eigenvalue weighted by molar-refractivity contribution is 0.0592. The molecule has 0 saturated heterocycles. The molecule has 0 bridgehead atoms. The maximum absolute atomic E-state index is 12.6. The second-order valence-electron chi connectivity index (χ2n) is 5.93. The zero-order valence-corrected chi connectivity index (χ0v) is 15.4. The number of amides is 1. The molecule has 6 nitrogen and oxygen atoms in total. The van der Waals surface area contributed by atoms with E-state index >= 15 is 0 Å². The molecule has 0 radical (unpaired) electrons. The summed E-state index contributed by atoms with van der Waals surface area (Å²) in [4.78, 5) is 37.7. The minimum Gasteiger partial charge on any atom is -0.465 e. The highest BCUT2D eigenvalue weighted by Gasteiger charge is 2.27. The van der Waals surface area contributed by atoms with Gasteiger partial charge in [0.2, 0.25) is 0 Å². The van der Waals surface area contributed by atoms with Crippen molar-refractivity contribution in [1.82, 2.24) is 0 Å². The van der Waals surface area contributed by atoms with Crippen molar-refractivity contribution in [3.8, 4) is 0 Å². The van der Waals surface area contributed by atoms with Gasteiger partial charge in [-0.3, -0.25) is 4.79 Å². The molecule has 1 aromatic heterocycles. The van der Waals surface area contributed by atoms with E-state index in [4.69, 9.17) is 4.74 Å². The van der Waals surface area contributed by atoms with Gasteiger partial charge in [0.25, 0.3) is 5.91 Å². The number of esters is 2. The molecular formula is C19H19NO5S. The first kappa shape index (κ1) is 18.1. The fourth-order valence-corrected chi connectivity index (χ4v) is 4.32. The third-order valence-electron chi connectivity index (χ3n) is 4.33. The Balaban J connectivity index is 1.91. The van der Waals surface area contributed by atoms with Crippen LogP contribution in [0.4, 0.5) is 5.00 Å². The third kappa shape index (κ3) is 3.48. The maximum Gasteiger partial charge on any atom is 0.341 e. The summed E-state index contributed by atoms with van der Waals surface area (Å²) in [7, 11) is 2.62. The van der Waals surface area contributed by atoms with Gasteiger partial charge in [-0.25, -0.2) is 9.59 Å². The normalized spacial score (nSPS) is 12.8. The Morgan fingerprint density at radius 3 is 2.42 bits per heavy atom. The van der Waals surface area contributed by atoms with E-state index in [1.54, 1.807) is 18.2 Å². The van der Waals surface area contributed by atoms with Crippen LogP contribution in [0.15, 0.2) is 24.3 Å². The van der Waals surface area contributed by atoms with Crippen molar-refractivity contribution >= 4 is 34.2 Å². The molecule has 0 atom stereocenters. The summed E-state index contributed by atoms with van der Waals surface area (Å²) in [5, 5.41) is 3.31. The van der Waals surface area contributed by atoms with E-state index in [0.29, 0.717) is 21.7 Å². The fourth-order valence-electron chi connectivity index (χ4n) is 3.05. The predicted molar refractivity (Wildman–Crippen MR) is 98.0 cm³/mol. The summed E-state index contributed by atoms with van der Waals surface area (Å²) in [6.07, 6.45) is 3.80. The Hall–Kier alpha value is -2.67. The summed E-state index contributed by atoms with van der Waals surface area (Å²) >= 11 is 1.42. The lowest BCUT2D eigenvalue weighted by Gasteiger charge is -2.11. The molecule has 1 aliphatic rings. The zero-order valence-electron chi connectivity index (χ0n) is 14.6. The van der Waals surface area contributed by atoms with Crippen LogP contribution in [0.5, 0.6) is 0 Å². The van der Waals surface area contributed by atoms with Crippen LogP contribution in [0.1, 0.15) is 54.4 Å². The SMILES string of the molecule is COC(=O)c1cccc(C(=O)Nc2sc3c(c2C(=O)OC)CCCC3)c1. The van der Waals surface area contributed by atoms with Gasteiger partial charge in [0.1, 0.15) is 5.00 Å². The van der Waals surface area contributed by atoms with Gasteiger partial charge in [-0.2, -0.15) is 0 Å². The van der Waals surface area contributed by atoms with Crippen molar-refractivity contribution in [1.29, 1.82) is 0 Å². The number of nitrogens with one attached hydrogen (secondary N) is 1. The number of thiophene rings is 1. The monoisotopic (exact) mass is 373 g/mol. The van der Waals surface area contributed by atoms with Gasteiger partial charge in [-0.05, 0) is 49.4 Å². The molecule has 0 fully saturated rings. The van der Waals surface area contributed by atoms with E-state index in [1.807, 2.05) is 0 Å². The number of ether oxygens (including phenoxy) is 2. The van der Waals surface area contributed by atoms with Gasteiger partial charge in [-0.1, -0.05) is 6.07 Å². The lowest BCUT2D eigenvalue weighted by Crippen LogP contribution is -2.15. The second-order valence-corrected chi connectivity index (χ2v) is 7.04. The number of carbonyl (C=O) groups is 3. The second kappa shape index (κ2) is 7.70. The van der Waals surface area contributed by atoms with Crippen molar-refractivity contribution < 1.29 is 23.9 Å². The summed E-state index contributed by atoms with van der Waals surface area (Å²) < 4.78 is 9.59. The highest BCUT2D eigenvalue weighted by molar-refractivity contribution is 7.17. The molecule has 0 spiro atoms. The van der Waals surface area contributed by atoms with Crippen molar-refractivity contribution in [3.63, 3.8) is 0 Å². The average molecular weight is 373 g/mol. The Bertz CT molecular complexity index is 871. The molecule has 1 amide bonds. The summed E-state index contributed by atoms with van der Waals surface area (Å²) in [5.41, 5.74) is 2.03. The number of rotatable bonds is 4. The zero-order chi connectivity index (χ0) is 18.7. The van der Waals surface area contributed by atoms with Crippen molar-refractivity contribution in [2.45, 2.75) is 25.7 Å². The average Bonchev–Trinajstić information content (AvgIpc) is 3.04. The Morgan fingerprint density at radius 2 is 1.69 bits per heavy atom. The van der Waals surface area contributed by atoms with Gasteiger partial charge in [0, 0.05) is 10.4 Å². The Morgan fingerprint density at radius 1 is 1.00 bits per heavy atom. The molecule has 136 valence electrons. The largest absolute Gasteiger partial charge is 0.465 e. The van der Waals surface area contributed by atoms with Crippen LogP contribution in [0.2, 0.25) is 0 Å². The predicted octanol–water partition coefficient (Wildman–Crippen LogP) is 3.45. The van der Waals surface area contributed by atoms with E-state index in [9.17, 15) is 14.4 Å². The van der Waals surface area contributed by atoms with E-state index < -0.39 is 11.9 Å². The molecule has 1 aromatic carbocycles. The molecule has 3 rings (SSSR count). The number of fused-ring (bicyclic) bond motifs is 1. The molecule has 1 aliphatic carbocycles. The van der Waals surface area contributed by atoms with Crippen LogP contribution in [0.3, 0.4) is 0 Å². The van der Waals surface area contributed by atoms with Crippen LogP contribution in [-0.4, -0.2) is 32.1 Å². The smallest absolute Gasteiger partial charge is 0.341 e. The van der Waals surface area contributed by atoms with Crippen LogP contribution in [0, 0.1) is 0 Å². The number of carbonyl (C=O) groups excluding carboxylic acids is 3. The highest BCUT2D eigenvalue weighted by Crippen LogP contribution is 2.38. The number of anilines is 1. The number of methoxy groups -OCH3 is 2. The van der Waals surface area contributed by atoms with Gasteiger partial charge >= 0.3 is 11.9 Å². The minimum absolute atomic E-state index is 0.291. The summed E-state index contributed by atoms with van der Waals surface area (Å²) in [6.45, 7) is 0. The molecule has 2 aromatic rings. The van der Waals surface area contributed by atoms with Crippen LogP contribution >= 0.6 is 11.3 Å². The molecule has 0 saturated carbocycles. The standard InChI is InChI=1S/C19H19NO5S/c1-24-18(22)12-7-5-6-11(10-12)16(21)20-17-15(19(23)25-2)13-8-3-4-9-14(13)26-17/h5-7,10H,3-4,8-9H2,1-2H3,(H,20,21). The molecule has 7 heteroatoms. The molecule has 0 aliphatic heterocycles. The molecule has 0 unspecified atom stereocenters. The van der Waals surface area contributed by atoms with Gasteiger partial charge in [0.05, 0.1) is 25.3 Å². The summed E-state index contributed by atoms with van der Waals surface area (Å²) in [6, 6.07) is 6.26. The highest BCUT2D eigenvalue weighted by atomic mass is 32.1. The quantitative estimate of drug-likeness (QED) is 0.830. The first-order chi connectivity index (χ1) is 12.5. The minimum atomic E-state index is -0.513. The van der Waals surface area contributed by atoms with Gasteiger partial charge in [0.15, 0.2) is 0 Å². The molecule has 1 heterocycles. The van der Waals surface area contributed by atoms with Crippen molar-refractivity contribution in [3.05, 3.63) is 51.4 Å².